The number of aromatic carboxylic acids is 2. The van der Waals surface area contributed by atoms with Crippen molar-refractivity contribution in [2.75, 3.05) is 51.1 Å². The fourth-order valence-corrected chi connectivity index (χ4v) is 6.28. The van der Waals surface area contributed by atoms with Gasteiger partial charge in [0.15, 0.2) is 0 Å². The summed E-state index contributed by atoms with van der Waals surface area (Å²) in [4.78, 5) is 20.4. The molecule has 0 aliphatic rings. The van der Waals surface area contributed by atoms with Gasteiger partial charge in [0.05, 0.1) is 42.4 Å². The second-order valence-corrected chi connectivity index (χ2v) is 14.1. The second kappa shape index (κ2) is 16.9. The Balaban J connectivity index is 0. The monoisotopic (exact) mass is 500 g/mol. The van der Waals surface area contributed by atoms with Crippen LogP contribution in [0, 0.1) is 0 Å². The van der Waals surface area contributed by atoms with Crippen molar-refractivity contribution in [1.29, 1.82) is 0 Å². The molecular weight excluding hydrogens is 463 g/mol. The van der Waals surface area contributed by atoms with Crippen LogP contribution in [0.2, 0.25) is 0 Å². The van der Waals surface area contributed by atoms with Crippen LogP contribution < -0.4 is 0 Å². The topological polar surface area (TPSA) is 179 Å². The summed E-state index contributed by atoms with van der Waals surface area (Å²) >= 11 is 0. The third kappa shape index (κ3) is 13.0. The summed E-state index contributed by atoms with van der Waals surface area (Å²) in [5, 5.41) is 33.4. The zero-order valence-corrected chi connectivity index (χ0v) is 20.9. The van der Waals surface area contributed by atoms with Gasteiger partial charge in [0.2, 0.25) is 0 Å². The molecule has 0 radical (unpaired) electrons. The van der Waals surface area contributed by atoms with Gasteiger partial charge in [-0.15, -0.1) is 0 Å². The minimum Gasteiger partial charge on any atom is -0.478 e. The van der Waals surface area contributed by atoms with Gasteiger partial charge in [-0.2, -0.15) is 8.42 Å². The summed E-state index contributed by atoms with van der Waals surface area (Å²) in [5.74, 6) is -2.99. The van der Waals surface area contributed by atoms with Gasteiger partial charge in [0.25, 0.3) is 10.1 Å². The molecule has 0 bridgehead atoms. The van der Waals surface area contributed by atoms with Gasteiger partial charge < -0.3 is 25.2 Å². The molecule has 5 N–H and O–H groups in total. The molecule has 0 spiro atoms. The molecular formula is C20H37O10PS. The molecule has 1 aromatic rings. The normalized spacial score (nSPS) is 11.5. The Morgan fingerprint density at radius 1 is 0.812 bits per heavy atom. The number of rotatable bonds is 11. The molecule has 0 unspecified atom stereocenters. The molecule has 1 aromatic carbocycles. The smallest absolute Gasteiger partial charge is 0.335 e. The molecule has 0 saturated heterocycles. The Hall–Kier alpha value is -1.62. The van der Waals surface area contributed by atoms with Crippen molar-refractivity contribution in [3.8, 4) is 0 Å². The summed E-state index contributed by atoms with van der Waals surface area (Å²) in [5.41, 5.74) is -1.07. The number of hydrogen-bond acceptors (Lipinski definition) is 7. The van der Waals surface area contributed by atoms with E-state index in [4.69, 9.17) is 25.0 Å². The molecule has 1 rings (SSSR count). The average molecular weight is 501 g/mol. The molecule has 0 aliphatic heterocycles. The van der Waals surface area contributed by atoms with Crippen LogP contribution in [0.4, 0.5) is 0 Å². The largest absolute Gasteiger partial charge is 0.478 e. The first kappa shape index (κ1) is 32.6. The van der Waals surface area contributed by atoms with Crippen molar-refractivity contribution in [2.24, 2.45) is 0 Å². The second-order valence-electron chi connectivity index (χ2n) is 6.81. The molecule has 12 heteroatoms. The molecule has 32 heavy (non-hydrogen) atoms. The number of carbonyl (C=O) groups is 2. The molecule has 0 heterocycles. The van der Waals surface area contributed by atoms with E-state index >= 15 is 0 Å². The van der Waals surface area contributed by atoms with Crippen molar-refractivity contribution >= 4 is 29.3 Å². The molecule has 0 fully saturated rings. The predicted molar refractivity (Wildman–Crippen MR) is 126 cm³/mol. The SMILES string of the molecule is CC[PH](CC)(CC)CC.O=C(O)c1cc(C(=O)O)cc(S(=O)(=O)O)c1.OCCOCCO. The van der Waals surface area contributed by atoms with E-state index in [0.29, 0.717) is 25.3 Å². The van der Waals surface area contributed by atoms with E-state index in [9.17, 15) is 18.0 Å². The third-order valence-corrected chi connectivity index (χ3v) is 12.0. The van der Waals surface area contributed by atoms with E-state index in [1.54, 1.807) is 0 Å². The minimum absolute atomic E-state index is 0.0278. The standard InChI is InChI=1S/C8H6O7S.C8H21P.C4H10O3/c9-7(10)4-1-5(8(11)12)3-6(2-4)16(13,14)15;1-5-9(6-2,7-3)8-4;5-1-3-7-4-2-6/h1-3H,(H,9,10)(H,11,12)(H,13,14,15);9H,5-8H2,1-4H3;5-6H,1-4H2. The number of ether oxygens (including phenoxy) is 1. The summed E-state index contributed by atoms with van der Waals surface area (Å²) < 4.78 is 34.8. The Kier molecular flexibility index (Phi) is 17.2. The van der Waals surface area contributed by atoms with E-state index < -0.39 is 45.3 Å². The number of hydrogen-bond donors (Lipinski definition) is 5. The number of benzene rings is 1. The summed E-state index contributed by atoms with van der Waals surface area (Å²) in [6.07, 6.45) is 5.93. The average Bonchev–Trinajstić information content (AvgIpc) is 2.76. The van der Waals surface area contributed by atoms with Gasteiger partial charge >= 0.3 is 71.5 Å². The van der Waals surface area contributed by atoms with Gasteiger partial charge in [-0.1, -0.05) is 0 Å². The van der Waals surface area contributed by atoms with Gasteiger partial charge in [-0.25, -0.2) is 9.59 Å². The molecule has 0 amide bonds. The molecule has 0 aliphatic carbocycles. The van der Waals surface area contributed by atoms with E-state index in [-0.39, 0.29) is 13.2 Å². The van der Waals surface area contributed by atoms with Crippen molar-refractivity contribution in [3.05, 3.63) is 29.3 Å². The summed E-state index contributed by atoms with van der Waals surface area (Å²) in [6.45, 7) is 10.2. The molecule has 10 nitrogen and oxygen atoms in total. The van der Waals surface area contributed by atoms with E-state index in [1.165, 1.54) is 24.6 Å². The van der Waals surface area contributed by atoms with Crippen LogP contribution in [0.15, 0.2) is 23.1 Å². The zero-order valence-electron chi connectivity index (χ0n) is 19.1. The van der Waals surface area contributed by atoms with E-state index in [2.05, 4.69) is 32.4 Å². The Morgan fingerprint density at radius 2 is 1.16 bits per heavy atom. The van der Waals surface area contributed by atoms with Crippen LogP contribution in [0.1, 0.15) is 48.4 Å². The first-order valence-electron chi connectivity index (χ1n) is 10.3. The fraction of sp³-hybridized carbons (Fsp3) is 0.600. The Morgan fingerprint density at radius 3 is 1.34 bits per heavy atom. The first-order chi connectivity index (χ1) is 14.9. The van der Waals surface area contributed by atoms with Crippen LogP contribution >= 0.6 is 7.26 Å². The number of carboxylic acids is 2. The third-order valence-electron chi connectivity index (χ3n) is 5.17. The Bertz CT molecular complexity index is 738. The zero-order chi connectivity index (χ0) is 25.4. The quantitative estimate of drug-likeness (QED) is 0.172. The maximum absolute atomic E-state index is 10.8. The van der Waals surface area contributed by atoms with Gasteiger partial charge in [0.1, 0.15) is 0 Å². The maximum atomic E-state index is 10.8. The summed E-state index contributed by atoms with van der Waals surface area (Å²) in [7, 11) is -5.33. The molecule has 0 atom stereocenters. The van der Waals surface area contributed by atoms with Gasteiger partial charge in [0, 0.05) is 0 Å². The minimum atomic E-state index is -4.64. The van der Waals surface area contributed by atoms with Crippen LogP contribution in [-0.4, -0.2) is 96.4 Å². The van der Waals surface area contributed by atoms with Crippen LogP contribution in [-0.2, 0) is 14.9 Å². The van der Waals surface area contributed by atoms with Gasteiger partial charge in [-0.3, -0.25) is 4.55 Å². The van der Waals surface area contributed by atoms with E-state index in [1.807, 2.05) is 0 Å². The van der Waals surface area contributed by atoms with Crippen LogP contribution in [0.5, 0.6) is 0 Å². The molecule has 0 aromatic heterocycles. The van der Waals surface area contributed by atoms with Crippen molar-refractivity contribution in [3.63, 3.8) is 0 Å². The van der Waals surface area contributed by atoms with Crippen molar-refractivity contribution in [1.82, 2.24) is 0 Å². The number of carboxylic acid groups (broad SMARTS) is 2. The maximum Gasteiger partial charge on any atom is 0.335 e. The van der Waals surface area contributed by atoms with Crippen LogP contribution in [0.3, 0.4) is 0 Å². The first-order valence-corrected chi connectivity index (χ1v) is 14.5. The summed E-state index contributed by atoms with van der Waals surface area (Å²) in [6, 6.07) is 2.13. The molecule has 188 valence electrons. The molecule has 0 saturated carbocycles. The van der Waals surface area contributed by atoms with Crippen molar-refractivity contribution < 1.29 is 47.7 Å². The van der Waals surface area contributed by atoms with Crippen molar-refractivity contribution in [2.45, 2.75) is 32.6 Å². The fourth-order valence-electron chi connectivity index (χ4n) is 2.73. The number of aliphatic hydroxyl groups excluding tert-OH is 2. The van der Waals surface area contributed by atoms with Gasteiger partial charge in [-0.05, 0) is 18.2 Å². The van der Waals surface area contributed by atoms with Crippen LogP contribution in [0.25, 0.3) is 0 Å². The Labute approximate surface area is 190 Å². The number of aliphatic hydroxyl groups is 2. The predicted octanol–water partition coefficient (Wildman–Crippen LogP) is 2.13. The van der Waals surface area contributed by atoms with E-state index in [0.717, 1.165) is 6.07 Å².